The van der Waals surface area contributed by atoms with E-state index in [2.05, 4.69) is 18.9 Å². The Labute approximate surface area is 120 Å². The SMILES string of the molecule is COc1ccc(OC)c(C(=O)N2CCN(C)C[C@@H]2C)c1. The van der Waals surface area contributed by atoms with Gasteiger partial charge in [-0.15, -0.1) is 0 Å². The predicted molar refractivity (Wildman–Crippen MR) is 77.5 cm³/mol. The molecule has 5 heteroatoms. The minimum atomic E-state index is 0.00125. The molecule has 0 unspecified atom stereocenters. The third-order valence-electron chi connectivity index (χ3n) is 3.73. The molecule has 110 valence electrons. The van der Waals surface area contributed by atoms with Crippen molar-refractivity contribution < 1.29 is 14.3 Å². The van der Waals surface area contributed by atoms with Crippen LogP contribution in [0.2, 0.25) is 0 Å². The van der Waals surface area contributed by atoms with Gasteiger partial charge in [0.2, 0.25) is 0 Å². The average molecular weight is 278 g/mol. The van der Waals surface area contributed by atoms with Crippen molar-refractivity contribution >= 4 is 5.91 Å². The summed E-state index contributed by atoms with van der Waals surface area (Å²) in [5.74, 6) is 1.25. The van der Waals surface area contributed by atoms with Crippen LogP contribution in [-0.4, -0.2) is 62.7 Å². The van der Waals surface area contributed by atoms with Crippen LogP contribution in [0.15, 0.2) is 18.2 Å². The second-order valence-corrected chi connectivity index (χ2v) is 5.18. The Morgan fingerprint density at radius 3 is 2.60 bits per heavy atom. The Hall–Kier alpha value is -1.75. The molecule has 1 aromatic carbocycles. The molecule has 1 fully saturated rings. The van der Waals surface area contributed by atoms with Crippen LogP contribution in [0.5, 0.6) is 11.5 Å². The van der Waals surface area contributed by atoms with Crippen LogP contribution in [0.3, 0.4) is 0 Å². The number of carbonyl (C=O) groups excluding carboxylic acids is 1. The average Bonchev–Trinajstić information content (AvgIpc) is 2.46. The van der Waals surface area contributed by atoms with E-state index in [4.69, 9.17) is 9.47 Å². The molecule has 0 aromatic heterocycles. The van der Waals surface area contributed by atoms with E-state index in [1.54, 1.807) is 32.4 Å². The first-order valence-corrected chi connectivity index (χ1v) is 6.78. The Morgan fingerprint density at radius 1 is 1.25 bits per heavy atom. The van der Waals surface area contributed by atoms with E-state index in [0.29, 0.717) is 17.1 Å². The van der Waals surface area contributed by atoms with Crippen molar-refractivity contribution in [2.45, 2.75) is 13.0 Å². The van der Waals surface area contributed by atoms with Crippen LogP contribution in [0, 0.1) is 0 Å². The molecule has 5 nitrogen and oxygen atoms in total. The van der Waals surface area contributed by atoms with Gasteiger partial charge < -0.3 is 19.3 Å². The summed E-state index contributed by atoms with van der Waals surface area (Å²) in [5.41, 5.74) is 0.559. The quantitative estimate of drug-likeness (QED) is 0.840. The Bertz CT molecular complexity index is 490. The van der Waals surface area contributed by atoms with Crippen LogP contribution in [0.4, 0.5) is 0 Å². The smallest absolute Gasteiger partial charge is 0.258 e. The van der Waals surface area contributed by atoms with E-state index >= 15 is 0 Å². The van der Waals surface area contributed by atoms with Gasteiger partial charge in [-0.25, -0.2) is 0 Å². The van der Waals surface area contributed by atoms with Gasteiger partial charge in [0.1, 0.15) is 11.5 Å². The zero-order chi connectivity index (χ0) is 14.7. The normalized spacial score (nSPS) is 19.8. The maximum absolute atomic E-state index is 12.7. The third kappa shape index (κ3) is 2.88. The predicted octanol–water partition coefficient (Wildman–Crippen LogP) is 1.48. The van der Waals surface area contributed by atoms with Crippen LogP contribution in [0.1, 0.15) is 17.3 Å². The van der Waals surface area contributed by atoms with E-state index in [1.165, 1.54) is 0 Å². The molecule has 1 amide bonds. The number of methoxy groups -OCH3 is 2. The van der Waals surface area contributed by atoms with Crippen molar-refractivity contribution in [3.8, 4) is 11.5 Å². The molecule has 1 aromatic rings. The van der Waals surface area contributed by atoms with E-state index < -0.39 is 0 Å². The molecule has 1 atom stereocenters. The third-order valence-corrected chi connectivity index (χ3v) is 3.73. The number of piperazine rings is 1. The zero-order valence-electron chi connectivity index (χ0n) is 12.5. The molecular weight excluding hydrogens is 256 g/mol. The first-order valence-electron chi connectivity index (χ1n) is 6.78. The molecule has 1 heterocycles. The van der Waals surface area contributed by atoms with Gasteiger partial charge in [-0.05, 0) is 32.2 Å². The largest absolute Gasteiger partial charge is 0.497 e. The number of carbonyl (C=O) groups is 1. The van der Waals surface area contributed by atoms with Crippen molar-refractivity contribution in [2.24, 2.45) is 0 Å². The monoisotopic (exact) mass is 278 g/mol. The highest BCUT2D eigenvalue weighted by Crippen LogP contribution is 2.26. The minimum absolute atomic E-state index is 0.00125. The number of ether oxygens (including phenoxy) is 2. The number of nitrogens with zero attached hydrogens (tertiary/aromatic N) is 2. The van der Waals surface area contributed by atoms with Crippen molar-refractivity contribution in [3.05, 3.63) is 23.8 Å². The maximum atomic E-state index is 12.7. The van der Waals surface area contributed by atoms with Gasteiger partial charge in [0.25, 0.3) is 5.91 Å². The molecule has 0 spiro atoms. The van der Waals surface area contributed by atoms with Crippen LogP contribution < -0.4 is 9.47 Å². The molecule has 2 rings (SSSR count). The molecule has 0 radical (unpaired) electrons. The lowest BCUT2D eigenvalue weighted by atomic mass is 10.1. The van der Waals surface area contributed by atoms with Crippen LogP contribution in [-0.2, 0) is 0 Å². The number of benzene rings is 1. The highest BCUT2D eigenvalue weighted by atomic mass is 16.5. The highest BCUT2D eigenvalue weighted by molar-refractivity contribution is 5.97. The summed E-state index contributed by atoms with van der Waals surface area (Å²) in [6, 6.07) is 5.50. The van der Waals surface area contributed by atoms with Gasteiger partial charge >= 0.3 is 0 Å². The van der Waals surface area contributed by atoms with Gasteiger partial charge in [-0.3, -0.25) is 4.79 Å². The van der Waals surface area contributed by atoms with E-state index in [-0.39, 0.29) is 11.9 Å². The first-order chi connectivity index (χ1) is 9.56. The first kappa shape index (κ1) is 14.7. The number of rotatable bonds is 3. The van der Waals surface area contributed by atoms with Gasteiger partial charge in [0.05, 0.1) is 19.8 Å². The van der Waals surface area contributed by atoms with Crippen LogP contribution >= 0.6 is 0 Å². The lowest BCUT2D eigenvalue weighted by Crippen LogP contribution is -2.52. The summed E-state index contributed by atoms with van der Waals surface area (Å²) in [6.45, 7) is 4.58. The highest BCUT2D eigenvalue weighted by Gasteiger charge is 2.28. The van der Waals surface area contributed by atoms with Crippen molar-refractivity contribution in [1.29, 1.82) is 0 Å². The molecule has 20 heavy (non-hydrogen) atoms. The summed E-state index contributed by atoms with van der Waals surface area (Å²) >= 11 is 0. The zero-order valence-corrected chi connectivity index (χ0v) is 12.5. The summed E-state index contributed by atoms with van der Waals surface area (Å²) in [4.78, 5) is 16.9. The van der Waals surface area contributed by atoms with Crippen LogP contribution in [0.25, 0.3) is 0 Å². The fourth-order valence-electron chi connectivity index (χ4n) is 2.58. The fraction of sp³-hybridized carbons (Fsp3) is 0.533. The number of amides is 1. The van der Waals surface area contributed by atoms with Gasteiger partial charge in [0, 0.05) is 25.7 Å². The van der Waals surface area contributed by atoms with E-state index in [1.807, 2.05) is 4.90 Å². The minimum Gasteiger partial charge on any atom is -0.497 e. The molecule has 0 saturated carbocycles. The number of hydrogen-bond donors (Lipinski definition) is 0. The van der Waals surface area contributed by atoms with E-state index in [0.717, 1.165) is 19.6 Å². The van der Waals surface area contributed by atoms with Crippen molar-refractivity contribution in [3.63, 3.8) is 0 Å². The standard InChI is InChI=1S/C15H22N2O3/c1-11-10-16(2)7-8-17(11)15(18)13-9-12(19-3)5-6-14(13)20-4/h5-6,9,11H,7-8,10H2,1-4H3/t11-/m0/s1. The topological polar surface area (TPSA) is 42.0 Å². The van der Waals surface area contributed by atoms with Gasteiger partial charge in [-0.1, -0.05) is 0 Å². The van der Waals surface area contributed by atoms with Gasteiger partial charge in [-0.2, -0.15) is 0 Å². The Kier molecular flexibility index (Phi) is 4.49. The molecule has 0 bridgehead atoms. The molecule has 0 N–H and O–H groups in total. The Morgan fingerprint density at radius 2 is 2.00 bits per heavy atom. The summed E-state index contributed by atoms with van der Waals surface area (Å²) in [7, 11) is 5.24. The summed E-state index contributed by atoms with van der Waals surface area (Å²) in [5, 5.41) is 0. The van der Waals surface area contributed by atoms with Gasteiger partial charge in [0.15, 0.2) is 0 Å². The number of likely N-dealkylation sites (N-methyl/N-ethyl adjacent to an activating group) is 1. The lowest BCUT2D eigenvalue weighted by molar-refractivity contribution is 0.0530. The lowest BCUT2D eigenvalue weighted by Gasteiger charge is -2.38. The Balaban J connectivity index is 2.28. The molecule has 0 aliphatic carbocycles. The maximum Gasteiger partial charge on any atom is 0.258 e. The summed E-state index contributed by atoms with van der Waals surface area (Å²) in [6.07, 6.45) is 0. The molecule has 1 aliphatic rings. The molecular formula is C15H22N2O3. The van der Waals surface area contributed by atoms with E-state index in [9.17, 15) is 4.79 Å². The second-order valence-electron chi connectivity index (χ2n) is 5.18. The number of hydrogen-bond acceptors (Lipinski definition) is 4. The second kappa shape index (κ2) is 6.13. The van der Waals surface area contributed by atoms with Crippen molar-refractivity contribution in [1.82, 2.24) is 9.80 Å². The summed E-state index contributed by atoms with van der Waals surface area (Å²) < 4.78 is 10.5. The molecule has 1 saturated heterocycles. The fourth-order valence-corrected chi connectivity index (χ4v) is 2.58. The van der Waals surface area contributed by atoms with Crippen molar-refractivity contribution in [2.75, 3.05) is 40.9 Å². The molecule has 1 aliphatic heterocycles.